The van der Waals surface area contributed by atoms with Gasteiger partial charge in [0.2, 0.25) is 23.7 Å². The van der Waals surface area contributed by atoms with E-state index < -0.39 is 111 Å². The number of anilines is 4. The number of fused-ring (bicyclic) bond motifs is 1. The first-order valence-corrected chi connectivity index (χ1v) is 30.9. The Labute approximate surface area is 520 Å². The van der Waals surface area contributed by atoms with E-state index in [0.717, 1.165) is 29.9 Å². The number of carboxylic acids is 1. The predicted molar refractivity (Wildman–Crippen MR) is 312 cm³/mol. The van der Waals surface area contributed by atoms with Gasteiger partial charge in [0, 0.05) is 43.9 Å². The number of imide groups is 1. The number of urea groups is 2. The van der Waals surface area contributed by atoms with Gasteiger partial charge in [0.05, 0.1) is 68.6 Å². The molecule has 92 heavy (non-hydrogen) atoms. The molecule has 0 spiro atoms. The Morgan fingerprint density at radius 1 is 0.815 bits per heavy atom. The number of hydrogen-bond donors (Lipinski definition) is 8. The standard InChI is InChI=1S/C19H15FN2O4.C15H16F3N5O4S.C15H18N6O6S.C3H8NO5P/c1-2-7-21-15-9-14(13(20)8-16(15)26-10-17(21)23)22-18(24)11-5-3-4-6-12(11)19(22)25;1-9-19-12(22-14(20-9)27-2)21-13(24)23-28(25,26)11-6-4-3-5-10(11)7-8-15(16,17)18;1-21(2)13(22)9-6-5-7-16-12(9)28(24,25)20-15(23)19-14-17-10(26-3)8-11(18-14)27-4;5-3(6)1-4-2-10(7,8)9/h1,8-9H,3-7,10H2;3-6H,7-8H2,1-2H3,(H2,19,20,21,22,23,24);5-8H,1-4H3,(H2,17,18,19,20,23);4H,1-2H2,(H,5,6)(H2,7,8,9). The van der Waals surface area contributed by atoms with Gasteiger partial charge in [0.15, 0.2) is 17.5 Å². The highest BCUT2D eigenvalue weighted by molar-refractivity contribution is 7.90. The second-order valence-corrected chi connectivity index (χ2v) is 23.8. The van der Waals surface area contributed by atoms with Crippen molar-refractivity contribution in [2.24, 2.45) is 0 Å². The number of carbonyl (C=O) groups is 7. The Balaban J connectivity index is 0.000000233. The molecule has 0 fully saturated rings. The fourth-order valence-electron chi connectivity index (χ4n) is 8.05. The first-order valence-electron chi connectivity index (χ1n) is 26.1. The number of rotatable bonds is 18. The van der Waals surface area contributed by atoms with Crippen molar-refractivity contribution in [2.75, 3.05) is 81.8 Å². The van der Waals surface area contributed by atoms with Gasteiger partial charge in [-0.3, -0.25) is 49.4 Å². The molecule has 40 heteroatoms. The lowest BCUT2D eigenvalue weighted by atomic mass is 9.93. The maximum atomic E-state index is 14.7. The third-order valence-electron chi connectivity index (χ3n) is 12.0. The van der Waals surface area contributed by atoms with Crippen molar-refractivity contribution in [2.45, 2.75) is 61.5 Å². The van der Waals surface area contributed by atoms with Crippen molar-refractivity contribution >= 4 is 92.6 Å². The number of aliphatic carboxylic acids is 1. The molecule has 1 aliphatic carbocycles. The highest BCUT2D eigenvalue weighted by Gasteiger charge is 2.42. The quantitative estimate of drug-likeness (QED) is 0.0270. The lowest BCUT2D eigenvalue weighted by Gasteiger charge is -2.29. The first-order chi connectivity index (χ1) is 43.1. The van der Waals surface area contributed by atoms with Gasteiger partial charge in [-0.1, -0.05) is 24.1 Å². The van der Waals surface area contributed by atoms with Gasteiger partial charge < -0.3 is 38.7 Å². The molecule has 5 heterocycles. The fourth-order valence-corrected chi connectivity index (χ4v) is 10.7. The van der Waals surface area contributed by atoms with Crippen LogP contribution in [0.5, 0.6) is 23.5 Å². The van der Waals surface area contributed by atoms with Crippen LogP contribution in [0.25, 0.3) is 0 Å². The molecule has 2 aliphatic heterocycles. The second-order valence-electron chi connectivity index (χ2n) is 18.9. The summed E-state index contributed by atoms with van der Waals surface area (Å²) in [7, 11) is -6.09. The minimum Gasteiger partial charge on any atom is -0.481 e. The van der Waals surface area contributed by atoms with Crippen LogP contribution in [0.1, 0.15) is 53.8 Å². The number of terminal acetylenes is 1. The van der Waals surface area contributed by atoms with E-state index in [1.807, 2.05) is 0 Å². The average Bonchev–Trinajstić information content (AvgIpc) is 1.22. The normalized spacial score (nSPS) is 13.5. The molecule has 8 N–H and O–H groups in total. The number of alkyl halides is 3. The van der Waals surface area contributed by atoms with E-state index in [9.17, 15) is 72.5 Å². The van der Waals surface area contributed by atoms with Crippen LogP contribution < -0.4 is 54.1 Å². The number of hydrogen-bond acceptors (Lipinski definition) is 23. The third-order valence-corrected chi connectivity index (χ3v) is 15.3. The van der Waals surface area contributed by atoms with Crippen molar-refractivity contribution < 1.29 is 106 Å². The zero-order valence-electron chi connectivity index (χ0n) is 49.1. The molecule has 0 atom stereocenters. The highest BCUT2D eigenvalue weighted by Crippen LogP contribution is 2.42. The number of nitrogens with one attached hydrogen (secondary N) is 5. The molecule has 0 unspecified atom stereocenters. The van der Waals surface area contributed by atoms with Gasteiger partial charge in [0.1, 0.15) is 11.6 Å². The topological polar surface area (TPSA) is 450 Å². The molecule has 2 aromatic carbocycles. The van der Waals surface area contributed by atoms with Crippen molar-refractivity contribution in [3.63, 3.8) is 0 Å². The van der Waals surface area contributed by atoms with E-state index in [4.69, 9.17) is 40.3 Å². The van der Waals surface area contributed by atoms with Crippen LogP contribution in [0.15, 0.2) is 81.9 Å². The minimum absolute atomic E-state index is 0.0170. The number of halogens is 4. The summed E-state index contributed by atoms with van der Waals surface area (Å²) in [6.45, 7) is 0.799. The van der Waals surface area contributed by atoms with Gasteiger partial charge in [-0.2, -0.15) is 46.5 Å². The predicted octanol–water partition coefficient (Wildman–Crippen LogP) is 3.02. The third kappa shape index (κ3) is 20.5. The summed E-state index contributed by atoms with van der Waals surface area (Å²) in [5.41, 5.74) is 0.733. The highest BCUT2D eigenvalue weighted by atomic mass is 32.2. The number of aryl methyl sites for hydroxylation is 2. The lowest BCUT2D eigenvalue weighted by Crippen LogP contribution is -2.39. The number of methoxy groups -OCH3 is 3. The Hall–Kier alpha value is -10.0. The van der Waals surface area contributed by atoms with Gasteiger partial charge in [-0.05, 0) is 68.9 Å². The van der Waals surface area contributed by atoms with Crippen LogP contribution in [-0.4, -0.2) is 176 Å². The number of carbonyl (C=O) groups excluding carboxylic acids is 6. The summed E-state index contributed by atoms with van der Waals surface area (Å²) in [6.07, 6.45) is 2.41. The molecule has 3 aromatic heterocycles. The number of carboxylic acid groups (broad SMARTS) is 1. The maximum Gasteiger partial charge on any atom is 0.389 e. The van der Waals surface area contributed by atoms with Crippen LogP contribution >= 0.6 is 7.60 Å². The van der Waals surface area contributed by atoms with E-state index in [0.29, 0.717) is 24.0 Å². The number of aromatic nitrogens is 6. The van der Waals surface area contributed by atoms with E-state index in [1.54, 1.807) is 9.44 Å². The number of nitrogens with zero attached hydrogens (tertiary/aromatic N) is 9. The van der Waals surface area contributed by atoms with E-state index in [-0.39, 0.29) is 82.8 Å². The molecular weight excluding hydrogens is 1300 g/mol. The number of benzene rings is 2. The first kappa shape index (κ1) is 72.7. The number of pyridine rings is 1. The maximum absolute atomic E-state index is 14.7. The second kappa shape index (κ2) is 31.6. The zero-order valence-corrected chi connectivity index (χ0v) is 51.6. The molecule has 3 aliphatic rings. The smallest absolute Gasteiger partial charge is 0.389 e. The van der Waals surface area contributed by atoms with Crippen molar-refractivity contribution in [3.05, 3.63) is 94.7 Å². The van der Waals surface area contributed by atoms with Crippen LogP contribution in [0.3, 0.4) is 0 Å². The summed E-state index contributed by atoms with van der Waals surface area (Å²) in [6, 6.07) is 9.08. The summed E-state index contributed by atoms with van der Waals surface area (Å²) in [4.78, 5) is 126. The van der Waals surface area contributed by atoms with Gasteiger partial charge in [-0.15, -0.1) is 6.42 Å². The average molecular weight is 1350 g/mol. The molecule has 8 rings (SSSR count). The number of ether oxygens (including phenoxy) is 4. The SMILES string of the molecule is C#CCN1C(=O)COc2cc(F)c(N3C(=O)C4=C(CCCC4)C3=O)cc21.COc1cc(OC)nc(NC(=O)NS(=O)(=O)c2ncccc2C(=O)N(C)C)n1.COc1nc(C)nc(NC(=O)NS(=O)(=O)c2ccccc2CCC(F)(F)F)n1.O=C(O)CNCP(=O)(O)O. The minimum atomic E-state index is -4.46. The Kier molecular flexibility index (Phi) is 25.0. The molecular formula is C52H57F4N14O19PS2. The summed E-state index contributed by atoms with van der Waals surface area (Å²) >= 11 is 0. The van der Waals surface area contributed by atoms with Gasteiger partial charge in [0.25, 0.3) is 43.7 Å². The summed E-state index contributed by atoms with van der Waals surface area (Å²) < 4.78 is 135. The van der Waals surface area contributed by atoms with Crippen molar-refractivity contribution in [1.29, 1.82) is 0 Å². The molecule has 0 radical (unpaired) electrons. The largest absolute Gasteiger partial charge is 0.481 e. The van der Waals surface area contributed by atoms with Crippen LogP contribution in [0.4, 0.5) is 50.4 Å². The van der Waals surface area contributed by atoms with Gasteiger partial charge in [-0.25, -0.2) is 41.7 Å². The van der Waals surface area contributed by atoms with Crippen LogP contribution in [0.2, 0.25) is 0 Å². The Morgan fingerprint density at radius 3 is 1.95 bits per heavy atom. The van der Waals surface area contributed by atoms with Crippen LogP contribution in [-0.2, 0) is 50.2 Å². The van der Waals surface area contributed by atoms with E-state index in [2.05, 4.69) is 51.8 Å². The zero-order chi connectivity index (χ0) is 68.5. The number of amides is 8. The molecule has 0 saturated heterocycles. The molecule has 8 amide bonds. The van der Waals surface area contributed by atoms with Crippen molar-refractivity contribution in [1.82, 2.24) is 49.6 Å². The number of sulfonamides is 2. The lowest BCUT2D eigenvalue weighted by molar-refractivity contribution is -0.136. The molecule has 0 bridgehead atoms. The summed E-state index contributed by atoms with van der Waals surface area (Å²) in [5.74, 6) is -1.45. The van der Waals surface area contributed by atoms with E-state index >= 15 is 0 Å². The van der Waals surface area contributed by atoms with Crippen LogP contribution in [0, 0.1) is 25.1 Å². The molecule has 0 saturated carbocycles. The molecule has 494 valence electrons. The van der Waals surface area contributed by atoms with Crippen molar-refractivity contribution in [3.8, 4) is 35.9 Å². The molecule has 33 nitrogen and oxygen atoms in total. The summed E-state index contributed by atoms with van der Waals surface area (Å²) in [5, 5.41) is 13.7. The Morgan fingerprint density at radius 2 is 1.40 bits per heavy atom. The van der Waals surface area contributed by atoms with E-state index in [1.165, 1.54) is 101 Å². The van der Waals surface area contributed by atoms with Gasteiger partial charge >= 0.3 is 37.8 Å². The molecule has 5 aromatic rings. The fraction of sp³-hybridized carbons (Fsp3) is 0.327. The monoisotopic (exact) mass is 1350 g/mol. The Bertz CT molecular complexity index is 3950.